The molecule has 7 nitrogen and oxygen atoms in total. The molecule has 0 unspecified atom stereocenters. The van der Waals surface area contributed by atoms with Crippen molar-refractivity contribution in [1.29, 1.82) is 0 Å². The standard InChI is InChI=1S/C26H39N3O4S/c1-26(2,34(3,32)33)25(31)28(17-18-6-4-7-18)12-13-29-22-10-11-23(29)16-21(15-22)19-8-5-9-20(14-19)24(27)30/h5,8-9,14,18,21-23H,4,6-7,10-13,15-17H2,1-3H3,(H2,27,30)/t21-,22+,23-. The number of amides is 2. The molecular weight excluding hydrogens is 450 g/mol. The average molecular weight is 490 g/mol. The number of fused-ring (bicyclic) bond motifs is 2. The summed E-state index contributed by atoms with van der Waals surface area (Å²) in [7, 11) is -3.51. The maximum absolute atomic E-state index is 13.4. The molecule has 2 N–H and O–H groups in total. The van der Waals surface area contributed by atoms with E-state index in [0.29, 0.717) is 42.6 Å². The summed E-state index contributed by atoms with van der Waals surface area (Å²) in [5.74, 6) is 0.229. The fourth-order valence-corrected chi connectivity index (χ4v) is 6.34. The van der Waals surface area contributed by atoms with E-state index in [-0.39, 0.29) is 5.91 Å². The number of nitrogens with zero attached hydrogens (tertiary/aromatic N) is 2. The summed E-state index contributed by atoms with van der Waals surface area (Å²) in [5, 5.41) is 0. The van der Waals surface area contributed by atoms with Crippen molar-refractivity contribution in [2.75, 3.05) is 25.9 Å². The molecule has 3 fully saturated rings. The molecule has 8 heteroatoms. The highest BCUT2D eigenvalue weighted by atomic mass is 32.2. The number of piperidine rings is 1. The molecule has 0 spiro atoms. The second-order valence-corrected chi connectivity index (χ2v) is 13.7. The summed E-state index contributed by atoms with van der Waals surface area (Å²) in [6.45, 7) is 5.08. The minimum absolute atomic E-state index is 0.271. The summed E-state index contributed by atoms with van der Waals surface area (Å²) in [6, 6.07) is 8.61. The van der Waals surface area contributed by atoms with Gasteiger partial charge in [0, 0.05) is 43.5 Å². The topological polar surface area (TPSA) is 101 Å². The predicted octanol–water partition coefficient (Wildman–Crippen LogP) is 2.95. The van der Waals surface area contributed by atoms with Gasteiger partial charge in [0.1, 0.15) is 4.75 Å². The van der Waals surface area contributed by atoms with Gasteiger partial charge in [-0.25, -0.2) is 8.42 Å². The van der Waals surface area contributed by atoms with Crippen molar-refractivity contribution >= 4 is 21.7 Å². The van der Waals surface area contributed by atoms with Gasteiger partial charge in [0.2, 0.25) is 11.8 Å². The molecule has 1 aromatic carbocycles. The Morgan fingerprint density at radius 2 is 1.76 bits per heavy atom. The number of hydrogen-bond donors (Lipinski definition) is 1. The van der Waals surface area contributed by atoms with Gasteiger partial charge in [-0.2, -0.15) is 0 Å². The molecule has 1 saturated carbocycles. The number of hydrogen-bond acceptors (Lipinski definition) is 5. The number of sulfone groups is 1. The zero-order valence-corrected chi connectivity index (χ0v) is 21.5. The van der Waals surface area contributed by atoms with Gasteiger partial charge in [-0.15, -0.1) is 0 Å². The van der Waals surface area contributed by atoms with Gasteiger partial charge in [-0.05, 0) is 81.9 Å². The lowest BCUT2D eigenvalue weighted by Crippen LogP contribution is -2.54. The van der Waals surface area contributed by atoms with Crippen LogP contribution in [-0.2, 0) is 14.6 Å². The van der Waals surface area contributed by atoms with Crippen LogP contribution in [0.15, 0.2) is 24.3 Å². The summed E-state index contributed by atoms with van der Waals surface area (Å²) >= 11 is 0. The number of primary amides is 1. The van der Waals surface area contributed by atoms with E-state index >= 15 is 0 Å². The second-order valence-electron chi connectivity index (χ2n) is 11.1. The third kappa shape index (κ3) is 5.03. The van der Waals surface area contributed by atoms with Crippen LogP contribution in [0.25, 0.3) is 0 Å². The van der Waals surface area contributed by atoms with Gasteiger partial charge in [-0.1, -0.05) is 18.6 Å². The molecule has 2 aliphatic heterocycles. The lowest BCUT2D eigenvalue weighted by atomic mass is 9.84. The first-order valence-corrected chi connectivity index (χ1v) is 14.5. The first-order valence-electron chi connectivity index (χ1n) is 12.6. The molecular formula is C26H39N3O4S. The molecule has 0 radical (unpaired) electrons. The van der Waals surface area contributed by atoms with Gasteiger partial charge < -0.3 is 10.6 Å². The summed E-state index contributed by atoms with van der Waals surface area (Å²) < 4.78 is 23.3. The number of rotatable bonds is 9. The summed E-state index contributed by atoms with van der Waals surface area (Å²) in [6.07, 6.45) is 8.92. The van der Waals surface area contributed by atoms with Crippen LogP contribution >= 0.6 is 0 Å². The van der Waals surface area contributed by atoms with Crippen LogP contribution in [0.5, 0.6) is 0 Å². The minimum atomic E-state index is -3.51. The molecule has 2 heterocycles. The van der Waals surface area contributed by atoms with Crippen LogP contribution in [0.1, 0.15) is 80.6 Å². The Morgan fingerprint density at radius 3 is 2.29 bits per heavy atom. The van der Waals surface area contributed by atoms with E-state index in [1.807, 2.05) is 17.0 Å². The van der Waals surface area contributed by atoms with E-state index in [0.717, 1.165) is 51.3 Å². The van der Waals surface area contributed by atoms with E-state index in [9.17, 15) is 18.0 Å². The maximum Gasteiger partial charge on any atom is 0.248 e. The van der Waals surface area contributed by atoms with Crippen LogP contribution in [0, 0.1) is 5.92 Å². The van der Waals surface area contributed by atoms with Crippen LogP contribution in [-0.4, -0.2) is 72.8 Å². The molecule has 3 aliphatic rings. The number of benzene rings is 1. The van der Waals surface area contributed by atoms with Crippen molar-refractivity contribution in [3.8, 4) is 0 Å². The zero-order chi connectivity index (χ0) is 24.7. The Kier molecular flexibility index (Phi) is 7.11. The lowest BCUT2D eigenvalue weighted by molar-refractivity contribution is -0.134. The Bertz CT molecular complexity index is 1020. The number of carbonyl (C=O) groups is 2. The molecule has 4 rings (SSSR count). The fourth-order valence-electron chi connectivity index (χ4n) is 5.90. The monoisotopic (exact) mass is 489 g/mol. The quantitative estimate of drug-likeness (QED) is 0.575. The Morgan fingerprint density at radius 1 is 1.12 bits per heavy atom. The summed E-state index contributed by atoms with van der Waals surface area (Å²) in [4.78, 5) is 29.3. The number of nitrogens with two attached hydrogens (primary N) is 1. The van der Waals surface area contributed by atoms with Crippen LogP contribution in [0.2, 0.25) is 0 Å². The van der Waals surface area contributed by atoms with Crippen molar-refractivity contribution in [2.45, 2.75) is 81.5 Å². The molecule has 188 valence electrons. The molecule has 34 heavy (non-hydrogen) atoms. The van der Waals surface area contributed by atoms with Gasteiger partial charge in [0.05, 0.1) is 0 Å². The highest BCUT2D eigenvalue weighted by Crippen LogP contribution is 2.43. The van der Waals surface area contributed by atoms with Crippen molar-refractivity contribution in [3.63, 3.8) is 0 Å². The first kappa shape index (κ1) is 25.2. The van der Waals surface area contributed by atoms with Crippen molar-refractivity contribution in [3.05, 3.63) is 35.4 Å². The van der Waals surface area contributed by atoms with E-state index < -0.39 is 20.5 Å². The molecule has 2 amide bonds. The minimum Gasteiger partial charge on any atom is -0.366 e. The van der Waals surface area contributed by atoms with E-state index in [1.54, 1.807) is 6.07 Å². The molecule has 1 aromatic rings. The number of carbonyl (C=O) groups excluding carboxylic acids is 2. The average Bonchev–Trinajstić information content (AvgIpc) is 2.98. The molecule has 2 saturated heterocycles. The van der Waals surface area contributed by atoms with Crippen LogP contribution < -0.4 is 5.73 Å². The van der Waals surface area contributed by atoms with Gasteiger partial charge in [0.25, 0.3) is 0 Å². The van der Waals surface area contributed by atoms with Crippen LogP contribution in [0.4, 0.5) is 0 Å². The highest BCUT2D eigenvalue weighted by Gasteiger charge is 2.44. The maximum atomic E-state index is 13.4. The third-order valence-corrected chi connectivity index (χ3v) is 10.6. The molecule has 0 aromatic heterocycles. The van der Waals surface area contributed by atoms with Crippen molar-refractivity contribution in [1.82, 2.24) is 9.80 Å². The predicted molar refractivity (Wildman–Crippen MR) is 133 cm³/mol. The lowest BCUT2D eigenvalue weighted by Gasteiger charge is -2.42. The summed E-state index contributed by atoms with van der Waals surface area (Å²) in [5.41, 5.74) is 7.23. The van der Waals surface area contributed by atoms with Crippen molar-refractivity contribution < 1.29 is 18.0 Å². The Hall–Kier alpha value is -1.93. The van der Waals surface area contributed by atoms with E-state index in [1.165, 1.54) is 25.8 Å². The SMILES string of the molecule is CC(C)(C(=O)N(CCN1[C@@H]2CC[C@H]1C[C@@H](c1cccc(C(N)=O)c1)C2)CC1CCC1)S(C)(=O)=O. The van der Waals surface area contributed by atoms with Gasteiger partial charge in [-0.3, -0.25) is 14.5 Å². The molecule has 3 atom stereocenters. The smallest absolute Gasteiger partial charge is 0.248 e. The van der Waals surface area contributed by atoms with Gasteiger partial charge in [0.15, 0.2) is 9.84 Å². The Balaban J connectivity index is 1.43. The van der Waals surface area contributed by atoms with E-state index in [4.69, 9.17) is 5.73 Å². The zero-order valence-electron chi connectivity index (χ0n) is 20.7. The van der Waals surface area contributed by atoms with Crippen molar-refractivity contribution in [2.24, 2.45) is 11.7 Å². The molecule has 2 bridgehead atoms. The second kappa shape index (κ2) is 9.61. The third-order valence-electron chi connectivity index (χ3n) is 8.59. The largest absolute Gasteiger partial charge is 0.366 e. The highest BCUT2D eigenvalue weighted by molar-refractivity contribution is 7.92. The van der Waals surface area contributed by atoms with Gasteiger partial charge >= 0.3 is 0 Å². The normalized spacial score (nSPS) is 25.7. The fraction of sp³-hybridized carbons (Fsp3) is 0.692. The van der Waals surface area contributed by atoms with Crippen LogP contribution in [0.3, 0.4) is 0 Å². The molecule has 1 aliphatic carbocycles. The van der Waals surface area contributed by atoms with E-state index in [2.05, 4.69) is 11.0 Å². The Labute approximate surface area is 204 Å². The first-order chi connectivity index (χ1) is 16.0.